The van der Waals surface area contributed by atoms with Gasteiger partial charge >= 0.3 is 0 Å². The van der Waals surface area contributed by atoms with Crippen LogP contribution in [-0.2, 0) is 18.3 Å². The molecular formula is C21H29N7O. The van der Waals surface area contributed by atoms with Crippen molar-refractivity contribution in [2.75, 3.05) is 49.6 Å². The summed E-state index contributed by atoms with van der Waals surface area (Å²) in [7, 11) is 3.63. The molecule has 2 aromatic rings. The smallest absolute Gasteiger partial charge is 0.246 e. The summed E-state index contributed by atoms with van der Waals surface area (Å²) in [4.78, 5) is 23.4. The number of fused-ring (bicyclic) bond motifs is 1. The predicted octanol–water partition coefficient (Wildman–Crippen LogP) is 1.10. The van der Waals surface area contributed by atoms with Gasteiger partial charge in [0.05, 0.1) is 11.9 Å². The van der Waals surface area contributed by atoms with Crippen molar-refractivity contribution in [1.82, 2.24) is 20.0 Å². The molecule has 0 saturated carbocycles. The second kappa shape index (κ2) is 8.14. The lowest BCUT2D eigenvalue weighted by Gasteiger charge is -2.36. The molecule has 0 aliphatic carbocycles. The Morgan fingerprint density at radius 1 is 1.28 bits per heavy atom. The molecule has 2 aliphatic heterocycles. The van der Waals surface area contributed by atoms with Crippen molar-refractivity contribution < 1.29 is 4.79 Å². The molecule has 1 amide bonds. The summed E-state index contributed by atoms with van der Waals surface area (Å²) in [6.45, 7) is 5.73. The molecule has 1 fully saturated rings. The van der Waals surface area contributed by atoms with E-state index in [-0.39, 0.29) is 5.91 Å². The van der Waals surface area contributed by atoms with Crippen LogP contribution < -0.4 is 15.1 Å². The summed E-state index contributed by atoms with van der Waals surface area (Å²) in [5.74, 6) is 0.845. The third-order valence-electron chi connectivity index (χ3n) is 5.75. The zero-order valence-electron chi connectivity index (χ0n) is 17.4. The van der Waals surface area contributed by atoms with E-state index in [0.29, 0.717) is 19.1 Å². The summed E-state index contributed by atoms with van der Waals surface area (Å²) >= 11 is 0. The zero-order chi connectivity index (χ0) is 20.4. The number of hydrogen-bond acceptors (Lipinski definition) is 4. The van der Waals surface area contributed by atoms with Crippen LogP contribution >= 0.6 is 0 Å². The number of anilines is 2. The molecule has 29 heavy (non-hydrogen) atoms. The first-order chi connectivity index (χ1) is 14.1. The van der Waals surface area contributed by atoms with Crippen LogP contribution in [0.5, 0.6) is 0 Å². The Morgan fingerprint density at radius 3 is 2.83 bits per heavy atom. The number of para-hydroxylation sites is 1. The Labute approximate surface area is 171 Å². The summed E-state index contributed by atoms with van der Waals surface area (Å²) in [6, 6.07) is 8.95. The third-order valence-corrected chi connectivity index (χ3v) is 5.75. The zero-order valence-corrected chi connectivity index (χ0v) is 17.4. The van der Waals surface area contributed by atoms with E-state index in [4.69, 9.17) is 0 Å². The number of benzene rings is 1. The number of aryl methyl sites for hydroxylation is 1. The van der Waals surface area contributed by atoms with Gasteiger partial charge in [-0.3, -0.25) is 14.5 Å². The Bertz CT molecular complexity index is 906. The first-order valence-corrected chi connectivity index (χ1v) is 10.2. The largest absolute Gasteiger partial charge is 0.366 e. The van der Waals surface area contributed by atoms with E-state index < -0.39 is 0 Å². The van der Waals surface area contributed by atoms with Gasteiger partial charge in [-0.05, 0) is 25.0 Å². The molecular weight excluding hydrogens is 366 g/mol. The maximum atomic E-state index is 12.7. The number of aromatic nitrogens is 2. The molecule has 4 rings (SSSR count). The quantitative estimate of drug-likeness (QED) is 0.620. The number of carbonyl (C=O) groups is 1. The molecule has 1 unspecified atom stereocenters. The SMILES string of the molecule is CN=C(NCC(C)N1CCc2ccccc21)N1CCN(c2cnn(C)c2)C(=O)C1. The average molecular weight is 396 g/mol. The summed E-state index contributed by atoms with van der Waals surface area (Å²) in [5, 5.41) is 7.64. The van der Waals surface area contributed by atoms with E-state index in [1.807, 2.05) is 18.1 Å². The van der Waals surface area contributed by atoms with Crippen LogP contribution in [0.2, 0.25) is 0 Å². The van der Waals surface area contributed by atoms with E-state index in [1.165, 1.54) is 11.3 Å². The highest BCUT2D eigenvalue weighted by Crippen LogP contribution is 2.28. The number of amides is 1. The van der Waals surface area contributed by atoms with Crippen LogP contribution in [0, 0.1) is 0 Å². The lowest BCUT2D eigenvalue weighted by molar-refractivity contribution is -0.120. The fraction of sp³-hybridized carbons (Fsp3) is 0.476. The van der Waals surface area contributed by atoms with E-state index in [0.717, 1.165) is 37.7 Å². The molecule has 8 nitrogen and oxygen atoms in total. The van der Waals surface area contributed by atoms with Gasteiger partial charge in [-0.1, -0.05) is 18.2 Å². The van der Waals surface area contributed by atoms with E-state index >= 15 is 0 Å². The number of aliphatic imine (C=N–C) groups is 1. The van der Waals surface area contributed by atoms with Gasteiger partial charge in [-0.15, -0.1) is 0 Å². The lowest BCUT2D eigenvalue weighted by Crippen LogP contribution is -2.56. The van der Waals surface area contributed by atoms with Crippen molar-refractivity contribution in [2.24, 2.45) is 12.0 Å². The second-order valence-electron chi connectivity index (χ2n) is 7.69. The highest BCUT2D eigenvalue weighted by Gasteiger charge is 2.28. The van der Waals surface area contributed by atoms with Crippen molar-refractivity contribution in [3.8, 4) is 0 Å². The van der Waals surface area contributed by atoms with Crippen molar-refractivity contribution in [1.29, 1.82) is 0 Å². The monoisotopic (exact) mass is 395 g/mol. The first-order valence-electron chi connectivity index (χ1n) is 10.2. The standard InChI is InChI=1S/C21H29N7O/c1-16(27-9-8-17-6-4-5-7-19(17)27)12-23-21(22-2)26-10-11-28(20(29)15-26)18-13-24-25(3)14-18/h4-7,13-14,16H,8-12,15H2,1-3H3,(H,22,23). The number of guanidine groups is 1. The highest BCUT2D eigenvalue weighted by molar-refractivity contribution is 5.98. The highest BCUT2D eigenvalue weighted by atomic mass is 16.2. The van der Waals surface area contributed by atoms with Crippen LogP contribution in [0.25, 0.3) is 0 Å². The fourth-order valence-corrected chi connectivity index (χ4v) is 4.18. The van der Waals surface area contributed by atoms with Crippen molar-refractivity contribution in [3.05, 3.63) is 42.2 Å². The van der Waals surface area contributed by atoms with Gasteiger partial charge in [-0.25, -0.2) is 0 Å². The normalized spacial score (nSPS) is 18.2. The molecule has 154 valence electrons. The van der Waals surface area contributed by atoms with Gasteiger partial charge in [0, 0.05) is 58.2 Å². The van der Waals surface area contributed by atoms with Crippen LogP contribution in [0.15, 0.2) is 41.7 Å². The predicted molar refractivity (Wildman–Crippen MR) is 115 cm³/mol. The van der Waals surface area contributed by atoms with Crippen LogP contribution in [0.3, 0.4) is 0 Å². The van der Waals surface area contributed by atoms with E-state index in [9.17, 15) is 4.79 Å². The maximum Gasteiger partial charge on any atom is 0.246 e. The number of hydrogen-bond donors (Lipinski definition) is 1. The average Bonchev–Trinajstić information content (AvgIpc) is 3.34. The first kappa shape index (κ1) is 19.3. The van der Waals surface area contributed by atoms with Gasteiger partial charge < -0.3 is 20.0 Å². The lowest BCUT2D eigenvalue weighted by atomic mass is 10.2. The molecule has 2 aliphatic rings. The van der Waals surface area contributed by atoms with Gasteiger partial charge in [0.25, 0.3) is 0 Å². The Balaban J connectivity index is 1.34. The summed E-state index contributed by atoms with van der Waals surface area (Å²) in [5.41, 5.74) is 3.60. The van der Waals surface area contributed by atoms with E-state index in [1.54, 1.807) is 22.8 Å². The molecule has 1 saturated heterocycles. The molecule has 0 bridgehead atoms. The molecule has 3 heterocycles. The van der Waals surface area contributed by atoms with Crippen LogP contribution in [0.4, 0.5) is 11.4 Å². The fourth-order valence-electron chi connectivity index (χ4n) is 4.18. The van der Waals surface area contributed by atoms with E-state index in [2.05, 4.69) is 51.5 Å². The number of nitrogens with zero attached hydrogens (tertiary/aromatic N) is 6. The number of carbonyl (C=O) groups excluding carboxylic acids is 1. The Morgan fingerprint density at radius 2 is 2.10 bits per heavy atom. The van der Waals surface area contributed by atoms with Crippen molar-refractivity contribution in [2.45, 2.75) is 19.4 Å². The molecule has 8 heteroatoms. The summed E-state index contributed by atoms with van der Waals surface area (Å²) < 4.78 is 1.72. The minimum Gasteiger partial charge on any atom is -0.366 e. The van der Waals surface area contributed by atoms with Gasteiger partial charge in [0.1, 0.15) is 6.54 Å². The van der Waals surface area contributed by atoms with Crippen LogP contribution in [0.1, 0.15) is 12.5 Å². The number of piperazine rings is 1. The minimum absolute atomic E-state index is 0.0636. The molecule has 1 atom stereocenters. The Hall–Kier alpha value is -3.03. The molecule has 1 aromatic carbocycles. The van der Waals surface area contributed by atoms with Gasteiger partial charge in [0.2, 0.25) is 5.91 Å². The van der Waals surface area contributed by atoms with Gasteiger partial charge in [-0.2, -0.15) is 5.10 Å². The number of rotatable bonds is 4. The molecule has 0 radical (unpaired) electrons. The molecule has 1 aromatic heterocycles. The Kier molecular flexibility index (Phi) is 5.42. The van der Waals surface area contributed by atoms with Crippen molar-refractivity contribution in [3.63, 3.8) is 0 Å². The maximum absolute atomic E-state index is 12.7. The van der Waals surface area contributed by atoms with Crippen LogP contribution in [-0.4, -0.2) is 72.4 Å². The minimum atomic E-state index is 0.0636. The topological polar surface area (TPSA) is 69.0 Å². The summed E-state index contributed by atoms with van der Waals surface area (Å²) in [6.07, 6.45) is 4.70. The number of nitrogens with one attached hydrogen (secondary N) is 1. The third kappa shape index (κ3) is 3.92. The van der Waals surface area contributed by atoms with Crippen molar-refractivity contribution >= 4 is 23.2 Å². The van der Waals surface area contributed by atoms with Gasteiger partial charge in [0.15, 0.2) is 5.96 Å². The molecule has 1 N–H and O–H groups in total. The molecule has 0 spiro atoms. The second-order valence-corrected chi connectivity index (χ2v) is 7.69.